The third kappa shape index (κ3) is 2.38. The lowest BCUT2D eigenvalue weighted by Gasteiger charge is -2.16. The number of hydrogen-bond donors (Lipinski definition) is 2. The van der Waals surface area contributed by atoms with Crippen LogP contribution in [0.3, 0.4) is 0 Å². The Balaban J connectivity index is 2.03. The lowest BCUT2D eigenvalue weighted by Crippen LogP contribution is -2.20. The molecule has 4 heteroatoms. The first-order valence-corrected chi connectivity index (χ1v) is 5.59. The number of imidazole rings is 1. The van der Waals surface area contributed by atoms with Gasteiger partial charge in [0.05, 0.1) is 24.7 Å². The largest absolute Gasteiger partial charge is 0.394 e. The molecule has 0 aliphatic heterocycles. The normalized spacial score (nSPS) is 20.2. The van der Waals surface area contributed by atoms with Gasteiger partial charge >= 0.3 is 0 Å². The van der Waals surface area contributed by atoms with Crippen molar-refractivity contribution in [3.63, 3.8) is 0 Å². The lowest BCUT2D eigenvalue weighted by molar-refractivity contribution is 0.261. The molecule has 84 valence electrons. The molecule has 0 spiro atoms. The van der Waals surface area contributed by atoms with Crippen molar-refractivity contribution in [3.05, 3.63) is 18.2 Å². The molecule has 1 aliphatic rings. The lowest BCUT2D eigenvalue weighted by atomic mass is 10.1. The molecule has 1 aromatic heterocycles. The van der Waals surface area contributed by atoms with Gasteiger partial charge in [-0.15, -0.1) is 0 Å². The molecule has 2 unspecified atom stereocenters. The van der Waals surface area contributed by atoms with E-state index in [1.807, 2.05) is 6.33 Å². The Bertz CT molecular complexity index is 319. The second-order valence-corrected chi connectivity index (χ2v) is 4.57. The Morgan fingerprint density at radius 1 is 1.67 bits per heavy atom. The highest BCUT2D eigenvalue weighted by Crippen LogP contribution is 2.37. The minimum atomic E-state index is -0.307. The fourth-order valence-electron chi connectivity index (χ4n) is 2.01. The summed E-state index contributed by atoms with van der Waals surface area (Å²) in [4.78, 5) is 4.10. The van der Waals surface area contributed by atoms with E-state index in [0.717, 1.165) is 18.2 Å². The van der Waals surface area contributed by atoms with Crippen LogP contribution in [-0.4, -0.2) is 21.3 Å². The maximum absolute atomic E-state index is 9.02. The van der Waals surface area contributed by atoms with Crippen LogP contribution in [0.25, 0.3) is 0 Å². The zero-order valence-electron chi connectivity index (χ0n) is 9.13. The third-order valence-electron chi connectivity index (χ3n) is 3.23. The molecule has 2 atom stereocenters. The van der Waals surface area contributed by atoms with Gasteiger partial charge < -0.3 is 15.4 Å². The number of nitrogens with zero attached hydrogens (tertiary/aromatic N) is 2. The van der Waals surface area contributed by atoms with Gasteiger partial charge in [-0.05, 0) is 24.7 Å². The zero-order valence-corrected chi connectivity index (χ0v) is 9.13. The summed E-state index contributed by atoms with van der Waals surface area (Å²) >= 11 is 0. The summed E-state index contributed by atoms with van der Waals surface area (Å²) < 4.78 is 2.07. The molecule has 0 bridgehead atoms. The van der Waals surface area contributed by atoms with Crippen LogP contribution in [0.2, 0.25) is 0 Å². The topological polar surface area (TPSA) is 64.1 Å². The van der Waals surface area contributed by atoms with E-state index in [-0.39, 0.29) is 12.6 Å². The number of rotatable bonds is 5. The molecule has 4 nitrogen and oxygen atoms in total. The highest BCUT2D eigenvalue weighted by molar-refractivity contribution is 5.04. The van der Waals surface area contributed by atoms with Crippen LogP contribution in [-0.2, 0) is 6.54 Å². The predicted octanol–water partition coefficient (Wildman–Crippen LogP) is 0.921. The molecule has 3 N–H and O–H groups in total. The van der Waals surface area contributed by atoms with E-state index in [4.69, 9.17) is 10.8 Å². The van der Waals surface area contributed by atoms with Gasteiger partial charge in [0.1, 0.15) is 0 Å². The molecule has 0 amide bonds. The van der Waals surface area contributed by atoms with E-state index in [0.29, 0.717) is 5.92 Å². The fraction of sp³-hybridized carbons (Fsp3) is 0.727. The van der Waals surface area contributed by atoms with Gasteiger partial charge in [0.25, 0.3) is 0 Å². The summed E-state index contributed by atoms with van der Waals surface area (Å²) in [7, 11) is 0. The Hall–Kier alpha value is -0.870. The molecule has 1 heterocycles. The standard InChI is InChI=1S/C11H19N3O/c1-8(9-2-3-9)5-14-7-13-4-11(14)10(12)6-15/h4,7-10,15H,2-3,5-6,12H2,1H3. The number of aromatic nitrogens is 2. The van der Waals surface area contributed by atoms with Crippen molar-refractivity contribution in [1.29, 1.82) is 0 Å². The summed E-state index contributed by atoms with van der Waals surface area (Å²) in [6.45, 7) is 3.21. The minimum absolute atomic E-state index is 0.0243. The van der Waals surface area contributed by atoms with Crippen LogP contribution in [0, 0.1) is 11.8 Å². The van der Waals surface area contributed by atoms with Crippen molar-refractivity contribution in [3.8, 4) is 0 Å². The zero-order chi connectivity index (χ0) is 10.8. The van der Waals surface area contributed by atoms with Crippen molar-refractivity contribution >= 4 is 0 Å². The Morgan fingerprint density at radius 2 is 2.40 bits per heavy atom. The van der Waals surface area contributed by atoms with Crippen LogP contribution in [0.4, 0.5) is 0 Å². The van der Waals surface area contributed by atoms with Gasteiger partial charge in [-0.2, -0.15) is 0 Å². The SMILES string of the molecule is CC(Cn1cncc1C(N)CO)C1CC1. The highest BCUT2D eigenvalue weighted by atomic mass is 16.3. The van der Waals surface area contributed by atoms with E-state index < -0.39 is 0 Å². The average Bonchev–Trinajstić information content (AvgIpc) is 2.99. The summed E-state index contributed by atoms with van der Waals surface area (Å²) in [5, 5.41) is 9.02. The monoisotopic (exact) mass is 209 g/mol. The third-order valence-corrected chi connectivity index (χ3v) is 3.23. The van der Waals surface area contributed by atoms with Crippen molar-refractivity contribution in [2.75, 3.05) is 6.61 Å². The van der Waals surface area contributed by atoms with Crippen LogP contribution < -0.4 is 5.73 Å². The van der Waals surface area contributed by atoms with Crippen molar-refractivity contribution in [2.24, 2.45) is 17.6 Å². The van der Waals surface area contributed by atoms with E-state index in [1.54, 1.807) is 6.20 Å². The first-order valence-electron chi connectivity index (χ1n) is 5.59. The van der Waals surface area contributed by atoms with Gasteiger partial charge in [-0.3, -0.25) is 0 Å². The summed E-state index contributed by atoms with van der Waals surface area (Å²) in [6, 6.07) is -0.307. The maximum atomic E-state index is 9.02. The molecular weight excluding hydrogens is 190 g/mol. The van der Waals surface area contributed by atoms with Gasteiger partial charge in [0, 0.05) is 12.7 Å². The second kappa shape index (κ2) is 4.33. The molecule has 15 heavy (non-hydrogen) atoms. The summed E-state index contributed by atoms with van der Waals surface area (Å²) in [5.41, 5.74) is 6.73. The molecule has 0 aromatic carbocycles. The van der Waals surface area contributed by atoms with Gasteiger partial charge in [0.15, 0.2) is 0 Å². The summed E-state index contributed by atoms with van der Waals surface area (Å²) in [5.74, 6) is 1.56. The van der Waals surface area contributed by atoms with Crippen molar-refractivity contribution < 1.29 is 5.11 Å². The first kappa shape index (κ1) is 10.6. The van der Waals surface area contributed by atoms with E-state index >= 15 is 0 Å². The quantitative estimate of drug-likeness (QED) is 0.758. The second-order valence-electron chi connectivity index (χ2n) is 4.57. The number of aliphatic hydroxyl groups is 1. The van der Waals surface area contributed by atoms with Crippen LogP contribution >= 0.6 is 0 Å². The number of aliphatic hydroxyl groups excluding tert-OH is 1. The average molecular weight is 209 g/mol. The smallest absolute Gasteiger partial charge is 0.0948 e. The number of nitrogens with two attached hydrogens (primary N) is 1. The van der Waals surface area contributed by atoms with Crippen LogP contribution in [0.5, 0.6) is 0 Å². The van der Waals surface area contributed by atoms with Crippen molar-refractivity contribution in [1.82, 2.24) is 9.55 Å². The number of hydrogen-bond acceptors (Lipinski definition) is 3. The molecule has 1 fully saturated rings. The first-order chi connectivity index (χ1) is 7.22. The minimum Gasteiger partial charge on any atom is -0.394 e. The maximum Gasteiger partial charge on any atom is 0.0948 e. The van der Waals surface area contributed by atoms with E-state index in [9.17, 15) is 0 Å². The molecule has 1 aliphatic carbocycles. The molecule has 0 radical (unpaired) electrons. The Morgan fingerprint density at radius 3 is 3.00 bits per heavy atom. The van der Waals surface area contributed by atoms with Gasteiger partial charge in [-0.1, -0.05) is 6.92 Å². The molecule has 0 saturated heterocycles. The van der Waals surface area contributed by atoms with E-state index in [1.165, 1.54) is 12.8 Å². The van der Waals surface area contributed by atoms with E-state index in [2.05, 4.69) is 16.5 Å². The predicted molar refractivity (Wildman–Crippen MR) is 58.1 cm³/mol. The fourth-order valence-corrected chi connectivity index (χ4v) is 2.01. The molecule has 1 saturated carbocycles. The molecular formula is C11H19N3O. The summed E-state index contributed by atoms with van der Waals surface area (Å²) in [6.07, 6.45) is 6.28. The molecule has 2 rings (SSSR count). The van der Waals surface area contributed by atoms with Crippen molar-refractivity contribution in [2.45, 2.75) is 32.4 Å². The van der Waals surface area contributed by atoms with Gasteiger partial charge in [-0.25, -0.2) is 4.98 Å². The molecule has 1 aromatic rings. The van der Waals surface area contributed by atoms with Gasteiger partial charge in [0.2, 0.25) is 0 Å². The van der Waals surface area contributed by atoms with Crippen LogP contribution in [0.1, 0.15) is 31.5 Å². The highest BCUT2D eigenvalue weighted by Gasteiger charge is 2.28. The Labute approximate surface area is 90.1 Å². The Kier molecular flexibility index (Phi) is 3.07. The van der Waals surface area contributed by atoms with Crippen LogP contribution in [0.15, 0.2) is 12.5 Å².